The number of benzene rings is 1. The summed E-state index contributed by atoms with van der Waals surface area (Å²) < 4.78 is 0. The highest BCUT2D eigenvalue weighted by molar-refractivity contribution is 6.35. The second-order valence-corrected chi connectivity index (χ2v) is 4.22. The summed E-state index contributed by atoms with van der Waals surface area (Å²) in [6.07, 6.45) is 3.67. The highest BCUT2D eigenvalue weighted by atomic mass is 35.5. The number of allylic oxidation sites excluding steroid dienone is 4. The van der Waals surface area contributed by atoms with Crippen LogP contribution in [-0.4, -0.2) is 0 Å². The topological polar surface area (TPSA) is 0 Å². The average molecular weight is 225 g/mol. The van der Waals surface area contributed by atoms with Crippen molar-refractivity contribution < 1.29 is 0 Å². The van der Waals surface area contributed by atoms with Gasteiger partial charge in [-0.15, -0.1) is 0 Å². The van der Waals surface area contributed by atoms with Crippen LogP contribution < -0.4 is 0 Å². The van der Waals surface area contributed by atoms with Crippen LogP contribution in [-0.2, 0) is 0 Å². The molecule has 2 heteroatoms. The minimum absolute atomic E-state index is 0.848. The van der Waals surface area contributed by atoms with Gasteiger partial charge in [-0.1, -0.05) is 53.5 Å². The Morgan fingerprint density at radius 2 is 1.64 bits per heavy atom. The molecule has 1 aliphatic rings. The summed E-state index contributed by atoms with van der Waals surface area (Å²) in [4.78, 5) is 0. The van der Waals surface area contributed by atoms with Crippen molar-refractivity contribution >= 4 is 28.8 Å². The number of rotatable bonds is 1. The summed E-state index contributed by atoms with van der Waals surface area (Å²) >= 11 is 12.2. The maximum absolute atomic E-state index is 6.16. The molecule has 0 radical (unpaired) electrons. The van der Waals surface area contributed by atoms with Gasteiger partial charge in [0.05, 0.1) is 0 Å². The van der Waals surface area contributed by atoms with Crippen LogP contribution in [0.1, 0.15) is 18.4 Å². The Morgan fingerprint density at radius 1 is 0.929 bits per heavy atom. The molecule has 0 fully saturated rings. The summed E-state index contributed by atoms with van der Waals surface area (Å²) in [5.74, 6) is 0. The van der Waals surface area contributed by atoms with Crippen LogP contribution in [0.3, 0.4) is 0 Å². The third kappa shape index (κ3) is 2.02. The van der Waals surface area contributed by atoms with E-state index in [1.165, 1.54) is 0 Å². The fraction of sp³-hybridized carbons (Fsp3) is 0.167. The molecule has 0 saturated heterocycles. The summed E-state index contributed by atoms with van der Waals surface area (Å²) in [7, 11) is 0. The Bertz CT molecular complexity index is 388. The van der Waals surface area contributed by atoms with Crippen LogP contribution in [0.25, 0.3) is 5.57 Å². The van der Waals surface area contributed by atoms with Gasteiger partial charge in [0.1, 0.15) is 0 Å². The monoisotopic (exact) mass is 224 g/mol. The first-order chi connectivity index (χ1) is 6.77. The zero-order valence-corrected chi connectivity index (χ0v) is 9.15. The van der Waals surface area contributed by atoms with Crippen LogP contribution >= 0.6 is 23.2 Å². The fourth-order valence-corrected chi connectivity index (χ4v) is 1.99. The molecule has 0 nitrogen and oxygen atoms in total. The van der Waals surface area contributed by atoms with E-state index in [0.29, 0.717) is 0 Å². The Kier molecular flexibility index (Phi) is 2.95. The van der Waals surface area contributed by atoms with Crippen LogP contribution in [0.15, 0.2) is 46.5 Å². The van der Waals surface area contributed by atoms with Gasteiger partial charge < -0.3 is 0 Å². The average Bonchev–Trinajstić information content (AvgIpc) is 2.23. The first-order valence-corrected chi connectivity index (χ1v) is 5.33. The van der Waals surface area contributed by atoms with Gasteiger partial charge in [0, 0.05) is 10.1 Å². The molecule has 0 aliphatic heterocycles. The molecule has 0 saturated carbocycles. The van der Waals surface area contributed by atoms with Crippen molar-refractivity contribution in [1.82, 2.24) is 0 Å². The smallest absolute Gasteiger partial charge is 0.0263 e. The molecule has 72 valence electrons. The molecule has 0 heterocycles. The Balaban J connectivity index is 2.44. The van der Waals surface area contributed by atoms with Crippen molar-refractivity contribution in [1.29, 1.82) is 0 Å². The first-order valence-electron chi connectivity index (χ1n) is 4.57. The van der Waals surface area contributed by atoms with E-state index in [1.807, 2.05) is 36.4 Å². The van der Waals surface area contributed by atoms with Gasteiger partial charge >= 0.3 is 0 Å². The predicted octanol–water partition coefficient (Wildman–Crippen LogP) is 4.55. The van der Waals surface area contributed by atoms with Crippen molar-refractivity contribution in [3.05, 3.63) is 52.0 Å². The Hall–Kier alpha value is -0.720. The van der Waals surface area contributed by atoms with Crippen molar-refractivity contribution in [3.8, 4) is 0 Å². The minimum Gasteiger partial charge on any atom is -0.0891 e. The number of halogens is 2. The largest absolute Gasteiger partial charge is 0.0891 e. The van der Waals surface area contributed by atoms with Crippen molar-refractivity contribution in [2.75, 3.05) is 0 Å². The van der Waals surface area contributed by atoms with Gasteiger partial charge in [0.2, 0.25) is 0 Å². The van der Waals surface area contributed by atoms with Gasteiger partial charge in [-0.25, -0.2) is 0 Å². The summed E-state index contributed by atoms with van der Waals surface area (Å²) in [5.41, 5.74) is 2.19. The molecule has 0 bridgehead atoms. The van der Waals surface area contributed by atoms with Gasteiger partial charge in [0.25, 0.3) is 0 Å². The van der Waals surface area contributed by atoms with E-state index in [0.717, 1.165) is 34.0 Å². The van der Waals surface area contributed by atoms with E-state index >= 15 is 0 Å². The summed E-state index contributed by atoms with van der Waals surface area (Å²) in [5, 5.41) is 1.79. The SMILES string of the molecule is ClC1=CC(c2ccccc2)=C(Cl)CC1. The Morgan fingerprint density at radius 3 is 2.36 bits per heavy atom. The molecule has 0 unspecified atom stereocenters. The highest BCUT2D eigenvalue weighted by Gasteiger charge is 2.11. The lowest BCUT2D eigenvalue weighted by Crippen LogP contribution is -1.92. The van der Waals surface area contributed by atoms with Crippen LogP contribution in [0.4, 0.5) is 0 Å². The van der Waals surface area contributed by atoms with Crippen LogP contribution in [0, 0.1) is 0 Å². The highest BCUT2D eigenvalue weighted by Crippen LogP contribution is 2.34. The lowest BCUT2D eigenvalue weighted by atomic mass is 9.99. The molecule has 1 aliphatic carbocycles. The number of hydrogen-bond acceptors (Lipinski definition) is 0. The van der Waals surface area contributed by atoms with E-state index < -0.39 is 0 Å². The molecule has 0 amide bonds. The maximum Gasteiger partial charge on any atom is 0.0263 e. The molecular weight excluding hydrogens is 215 g/mol. The molecule has 0 atom stereocenters. The van der Waals surface area contributed by atoms with E-state index in [4.69, 9.17) is 23.2 Å². The zero-order chi connectivity index (χ0) is 9.97. The third-order valence-electron chi connectivity index (χ3n) is 2.26. The summed E-state index contributed by atoms with van der Waals surface area (Å²) in [6, 6.07) is 10.1. The van der Waals surface area contributed by atoms with Crippen LogP contribution in [0.2, 0.25) is 0 Å². The lowest BCUT2D eigenvalue weighted by molar-refractivity contribution is 1.00. The van der Waals surface area contributed by atoms with Gasteiger partial charge in [0.15, 0.2) is 0 Å². The first kappa shape index (κ1) is 9.82. The molecule has 2 rings (SSSR count). The van der Waals surface area contributed by atoms with Gasteiger partial charge in [-0.2, -0.15) is 0 Å². The second-order valence-electron chi connectivity index (χ2n) is 3.28. The molecule has 0 aromatic heterocycles. The van der Waals surface area contributed by atoms with E-state index in [1.54, 1.807) is 0 Å². The van der Waals surface area contributed by atoms with Gasteiger partial charge in [-0.3, -0.25) is 0 Å². The zero-order valence-electron chi connectivity index (χ0n) is 7.63. The maximum atomic E-state index is 6.16. The summed E-state index contributed by atoms with van der Waals surface area (Å²) in [6.45, 7) is 0. The molecule has 1 aromatic rings. The van der Waals surface area contributed by atoms with Crippen LogP contribution in [0.5, 0.6) is 0 Å². The molecule has 14 heavy (non-hydrogen) atoms. The van der Waals surface area contributed by atoms with E-state index in [-0.39, 0.29) is 0 Å². The van der Waals surface area contributed by atoms with Crippen molar-refractivity contribution in [3.63, 3.8) is 0 Å². The standard InChI is InChI=1S/C12H10Cl2/c13-10-6-7-12(14)11(8-10)9-4-2-1-3-5-9/h1-5,8H,6-7H2. The quantitative estimate of drug-likeness (QED) is 0.657. The van der Waals surface area contributed by atoms with E-state index in [9.17, 15) is 0 Å². The molecule has 0 N–H and O–H groups in total. The third-order valence-corrected chi connectivity index (χ3v) is 2.95. The molecular formula is C12H10Cl2. The van der Waals surface area contributed by atoms with Crippen molar-refractivity contribution in [2.24, 2.45) is 0 Å². The van der Waals surface area contributed by atoms with Crippen molar-refractivity contribution in [2.45, 2.75) is 12.8 Å². The fourth-order valence-electron chi connectivity index (χ4n) is 1.53. The predicted molar refractivity (Wildman–Crippen MR) is 62.4 cm³/mol. The minimum atomic E-state index is 0.848. The molecule has 0 spiro atoms. The number of hydrogen-bond donors (Lipinski definition) is 0. The Labute approximate surface area is 93.8 Å². The lowest BCUT2D eigenvalue weighted by Gasteiger charge is -2.13. The van der Waals surface area contributed by atoms with E-state index in [2.05, 4.69) is 0 Å². The molecule has 1 aromatic carbocycles. The normalized spacial score (nSPS) is 16.9. The van der Waals surface area contributed by atoms with Gasteiger partial charge in [-0.05, 0) is 30.1 Å². The second kappa shape index (κ2) is 4.20.